The molecule has 2 heterocycles. The summed E-state index contributed by atoms with van der Waals surface area (Å²) in [6.07, 6.45) is 7.40. The molecular formula is C15H27N3O2. The van der Waals surface area contributed by atoms with Gasteiger partial charge in [-0.15, -0.1) is 0 Å². The molecule has 0 amide bonds. The van der Waals surface area contributed by atoms with Crippen LogP contribution < -0.4 is 4.90 Å². The maximum atomic E-state index is 5.48. The van der Waals surface area contributed by atoms with E-state index < -0.39 is 0 Å². The first-order valence-corrected chi connectivity index (χ1v) is 7.79. The number of aromatic nitrogens is 2. The highest BCUT2D eigenvalue weighted by atomic mass is 16.5. The second kappa shape index (κ2) is 8.27. The summed E-state index contributed by atoms with van der Waals surface area (Å²) in [5.41, 5.74) is 1.23. The lowest BCUT2D eigenvalue weighted by molar-refractivity contribution is 0.0835. The fourth-order valence-electron chi connectivity index (χ4n) is 2.67. The second-order valence-corrected chi connectivity index (χ2v) is 5.14. The number of hydrogen-bond acceptors (Lipinski definition) is 4. The van der Waals surface area contributed by atoms with Gasteiger partial charge in [0, 0.05) is 51.8 Å². The topological polar surface area (TPSA) is 39.5 Å². The molecule has 0 bridgehead atoms. The number of rotatable bonds is 8. The highest BCUT2D eigenvalue weighted by Gasteiger charge is 2.22. The van der Waals surface area contributed by atoms with Crippen LogP contribution in [0.25, 0.3) is 0 Å². The molecule has 0 aromatic carbocycles. The molecule has 1 aromatic heterocycles. The number of nitrogens with zero attached hydrogens (tertiary/aromatic N) is 3. The van der Waals surface area contributed by atoms with Crippen LogP contribution in [-0.4, -0.2) is 48.8 Å². The minimum Gasteiger partial charge on any atom is -0.382 e. The molecule has 2 rings (SSSR count). The van der Waals surface area contributed by atoms with Gasteiger partial charge in [-0.3, -0.25) is 4.68 Å². The van der Waals surface area contributed by atoms with Gasteiger partial charge in [0.25, 0.3) is 0 Å². The molecule has 1 fully saturated rings. The number of ether oxygens (including phenoxy) is 2. The Labute approximate surface area is 121 Å². The van der Waals surface area contributed by atoms with Crippen molar-refractivity contribution in [1.29, 1.82) is 0 Å². The zero-order valence-electron chi connectivity index (χ0n) is 12.8. The summed E-state index contributed by atoms with van der Waals surface area (Å²) >= 11 is 0. The lowest BCUT2D eigenvalue weighted by Gasteiger charge is -2.35. The van der Waals surface area contributed by atoms with E-state index in [2.05, 4.69) is 23.1 Å². The van der Waals surface area contributed by atoms with Gasteiger partial charge in [0.2, 0.25) is 0 Å². The van der Waals surface area contributed by atoms with Gasteiger partial charge < -0.3 is 14.4 Å². The fraction of sp³-hybridized carbons (Fsp3) is 0.800. The largest absolute Gasteiger partial charge is 0.382 e. The van der Waals surface area contributed by atoms with Crippen molar-refractivity contribution >= 4 is 5.69 Å². The molecule has 5 nitrogen and oxygen atoms in total. The smallest absolute Gasteiger partial charge is 0.0755 e. The molecule has 0 spiro atoms. The first-order chi connectivity index (χ1) is 9.85. The predicted molar refractivity (Wildman–Crippen MR) is 80.2 cm³/mol. The summed E-state index contributed by atoms with van der Waals surface area (Å²) in [4.78, 5) is 2.49. The lowest BCUT2D eigenvalue weighted by Crippen LogP contribution is -2.40. The number of anilines is 1. The first kappa shape index (κ1) is 15.3. The van der Waals surface area contributed by atoms with Crippen molar-refractivity contribution in [3.05, 3.63) is 12.4 Å². The van der Waals surface area contributed by atoms with Crippen molar-refractivity contribution in [3.8, 4) is 0 Å². The Morgan fingerprint density at radius 1 is 1.40 bits per heavy atom. The fourth-order valence-corrected chi connectivity index (χ4v) is 2.67. The van der Waals surface area contributed by atoms with Crippen molar-refractivity contribution in [2.24, 2.45) is 0 Å². The van der Waals surface area contributed by atoms with Gasteiger partial charge in [-0.1, -0.05) is 0 Å². The van der Waals surface area contributed by atoms with Crippen LogP contribution in [0.15, 0.2) is 12.4 Å². The molecule has 0 radical (unpaired) electrons. The predicted octanol–water partition coefficient (Wildman–Crippen LogP) is 2.32. The average molecular weight is 281 g/mol. The molecule has 114 valence electrons. The minimum atomic E-state index is 0.569. The summed E-state index contributed by atoms with van der Waals surface area (Å²) in [6.45, 7) is 9.47. The Morgan fingerprint density at radius 2 is 2.20 bits per heavy atom. The van der Waals surface area contributed by atoms with Crippen molar-refractivity contribution in [1.82, 2.24) is 9.78 Å². The van der Waals surface area contributed by atoms with E-state index in [4.69, 9.17) is 9.47 Å². The zero-order chi connectivity index (χ0) is 14.2. The highest BCUT2D eigenvalue weighted by Crippen LogP contribution is 2.22. The van der Waals surface area contributed by atoms with Crippen molar-refractivity contribution in [2.75, 3.05) is 37.9 Å². The van der Waals surface area contributed by atoms with Crippen molar-refractivity contribution in [2.45, 2.75) is 45.7 Å². The minimum absolute atomic E-state index is 0.569. The van der Waals surface area contributed by atoms with E-state index in [9.17, 15) is 0 Å². The van der Waals surface area contributed by atoms with E-state index in [-0.39, 0.29) is 0 Å². The van der Waals surface area contributed by atoms with Gasteiger partial charge >= 0.3 is 0 Å². The Bertz CT molecular complexity index is 375. The van der Waals surface area contributed by atoms with Crippen LogP contribution in [0.1, 0.15) is 33.1 Å². The molecule has 1 aliphatic rings. The van der Waals surface area contributed by atoms with Crippen LogP contribution in [0.2, 0.25) is 0 Å². The van der Waals surface area contributed by atoms with Crippen LogP contribution in [0, 0.1) is 0 Å². The summed E-state index contributed by atoms with van der Waals surface area (Å²) in [6, 6.07) is 0.569. The molecule has 0 unspecified atom stereocenters. The van der Waals surface area contributed by atoms with Gasteiger partial charge in [-0.2, -0.15) is 5.10 Å². The molecule has 1 saturated heterocycles. The third-order valence-corrected chi connectivity index (χ3v) is 3.80. The Kier molecular flexibility index (Phi) is 6.33. The van der Waals surface area contributed by atoms with E-state index in [0.29, 0.717) is 6.04 Å². The van der Waals surface area contributed by atoms with Crippen LogP contribution in [-0.2, 0) is 16.0 Å². The SMILES string of the molecule is CCOCCCN(c1cnn(CC)c1)C1CCOCC1. The summed E-state index contributed by atoms with van der Waals surface area (Å²) in [5.74, 6) is 0. The average Bonchev–Trinajstić information content (AvgIpc) is 2.97. The van der Waals surface area contributed by atoms with Crippen molar-refractivity contribution < 1.29 is 9.47 Å². The molecule has 0 saturated carbocycles. The summed E-state index contributed by atoms with van der Waals surface area (Å²) in [5, 5.41) is 4.41. The molecular weight excluding hydrogens is 254 g/mol. The number of hydrogen-bond donors (Lipinski definition) is 0. The molecule has 20 heavy (non-hydrogen) atoms. The molecule has 5 heteroatoms. The first-order valence-electron chi connectivity index (χ1n) is 7.79. The standard InChI is InChI=1S/C15H27N3O2/c1-3-17-13-15(12-16-17)18(8-5-9-19-4-2)14-6-10-20-11-7-14/h12-14H,3-11H2,1-2H3. The van der Waals surface area contributed by atoms with Gasteiger partial charge in [0.1, 0.15) is 0 Å². The normalized spacial score (nSPS) is 16.5. The molecule has 1 aromatic rings. The van der Waals surface area contributed by atoms with Crippen molar-refractivity contribution in [3.63, 3.8) is 0 Å². The monoisotopic (exact) mass is 281 g/mol. The Hall–Kier alpha value is -1.07. The van der Waals surface area contributed by atoms with E-state index >= 15 is 0 Å². The van der Waals surface area contributed by atoms with Gasteiger partial charge in [-0.25, -0.2) is 0 Å². The highest BCUT2D eigenvalue weighted by molar-refractivity contribution is 5.43. The lowest BCUT2D eigenvalue weighted by atomic mass is 10.1. The van der Waals surface area contributed by atoms with Crippen LogP contribution in [0.4, 0.5) is 5.69 Å². The summed E-state index contributed by atoms with van der Waals surface area (Å²) in [7, 11) is 0. The van der Waals surface area contributed by atoms with Crippen LogP contribution in [0.5, 0.6) is 0 Å². The second-order valence-electron chi connectivity index (χ2n) is 5.14. The third kappa shape index (κ3) is 4.21. The van der Waals surface area contributed by atoms with E-state index in [0.717, 1.165) is 58.8 Å². The Balaban J connectivity index is 1.98. The van der Waals surface area contributed by atoms with E-state index in [1.54, 1.807) is 0 Å². The third-order valence-electron chi connectivity index (χ3n) is 3.80. The van der Waals surface area contributed by atoms with Crippen LogP contribution >= 0.6 is 0 Å². The van der Waals surface area contributed by atoms with Gasteiger partial charge in [0.15, 0.2) is 0 Å². The molecule has 0 atom stereocenters. The van der Waals surface area contributed by atoms with Crippen LogP contribution in [0.3, 0.4) is 0 Å². The van der Waals surface area contributed by atoms with Gasteiger partial charge in [-0.05, 0) is 33.1 Å². The zero-order valence-corrected chi connectivity index (χ0v) is 12.8. The quantitative estimate of drug-likeness (QED) is 0.686. The van der Waals surface area contributed by atoms with E-state index in [1.165, 1.54) is 5.69 Å². The molecule has 1 aliphatic heterocycles. The molecule has 0 aliphatic carbocycles. The van der Waals surface area contributed by atoms with Gasteiger partial charge in [0.05, 0.1) is 11.9 Å². The Morgan fingerprint density at radius 3 is 2.85 bits per heavy atom. The maximum absolute atomic E-state index is 5.48. The summed E-state index contributed by atoms with van der Waals surface area (Å²) < 4.78 is 12.9. The maximum Gasteiger partial charge on any atom is 0.0755 e. The number of aryl methyl sites for hydroxylation is 1. The van der Waals surface area contributed by atoms with E-state index in [1.807, 2.05) is 17.8 Å². The molecule has 0 N–H and O–H groups in total.